The summed E-state index contributed by atoms with van der Waals surface area (Å²) in [6.45, 7) is 2.24. The zero-order chi connectivity index (χ0) is 19.5. The lowest BCUT2D eigenvalue weighted by atomic mass is 9.84. The molecule has 1 heterocycles. The average Bonchev–Trinajstić information content (AvgIpc) is 2.64. The zero-order valence-corrected chi connectivity index (χ0v) is 16.7. The van der Waals surface area contributed by atoms with Gasteiger partial charge in [-0.1, -0.05) is 40.2 Å². The van der Waals surface area contributed by atoms with E-state index in [1.165, 1.54) is 24.3 Å². The van der Waals surface area contributed by atoms with E-state index in [0.29, 0.717) is 24.8 Å². The molecule has 146 valence electrons. The van der Waals surface area contributed by atoms with Gasteiger partial charge in [0.2, 0.25) is 0 Å². The molecular weight excluding hydrogens is 413 g/mol. The number of nitrogens with zero attached hydrogens (tertiary/aromatic N) is 1. The second-order valence-corrected chi connectivity index (χ2v) is 8.22. The van der Waals surface area contributed by atoms with E-state index in [4.69, 9.17) is 0 Å². The van der Waals surface area contributed by atoms with Gasteiger partial charge in [-0.3, -0.25) is 0 Å². The van der Waals surface area contributed by atoms with Gasteiger partial charge in [0.05, 0.1) is 5.60 Å². The van der Waals surface area contributed by atoms with Gasteiger partial charge < -0.3 is 20.2 Å². The smallest absolute Gasteiger partial charge is 0.189 e. The van der Waals surface area contributed by atoms with Gasteiger partial charge in [-0.05, 0) is 55.6 Å². The maximum atomic E-state index is 13.0. The second-order valence-electron chi connectivity index (χ2n) is 7.31. The molecule has 0 radical (unpaired) electrons. The Morgan fingerprint density at radius 2 is 1.59 bits per heavy atom. The molecule has 1 aliphatic rings. The number of halogens is 2. The van der Waals surface area contributed by atoms with Gasteiger partial charge in [0, 0.05) is 29.5 Å². The van der Waals surface area contributed by atoms with E-state index in [1.54, 1.807) is 0 Å². The highest BCUT2D eigenvalue weighted by molar-refractivity contribution is 9.10. The lowest BCUT2D eigenvalue weighted by Crippen LogP contribution is -2.43. The summed E-state index contributed by atoms with van der Waals surface area (Å²) in [5, 5.41) is 31.4. The second kappa shape index (κ2) is 8.37. The van der Waals surface area contributed by atoms with Gasteiger partial charge in [-0.15, -0.1) is 0 Å². The highest BCUT2D eigenvalue weighted by Gasteiger charge is 2.34. The molecule has 2 aromatic rings. The van der Waals surface area contributed by atoms with E-state index in [1.807, 2.05) is 24.3 Å². The topological polar surface area (TPSA) is 63.9 Å². The van der Waals surface area contributed by atoms with Crippen LogP contribution in [0.4, 0.5) is 4.39 Å². The summed E-state index contributed by atoms with van der Waals surface area (Å²) < 4.78 is 14.0. The fraction of sp³-hybridized carbons (Fsp3) is 0.429. The van der Waals surface area contributed by atoms with Gasteiger partial charge in [0.1, 0.15) is 5.82 Å². The molecule has 4 nitrogen and oxygen atoms in total. The van der Waals surface area contributed by atoms with Gasteiger partial charge in [-0.2, -0.15) is 0 Å². The monoisotopic (exact) mass is 437 g/mol. The summed E-state index contributed by atoms with van der Waals surface area (Å²) in [6.07, 6.45) is 2.07. The van der Waals surface area contributed by atoms with Crippen LogP contribution >= 0.6 is 15.9 Å². The minimum atomic E-state index is -1.96. The van der Waals surface area contributed by atoms with Crippen LogP contribution in [0.5, 0.6) is 0 Å². The average molecular weight is 438 g/mol. The summed E-state index contributed by atoms with van der Waals surface area (Å²) in [4.78, 5) is 2.23. The molecule has 3 N–H and O–H groups in total. The molecule has 0 atom stereocenters. The fourth-order valence-corrected chi connectivity index (χ4v) is 3.87. The molecule has 0 aromatic heterocycles. The van der Waals surface area contributed by atoms with Crippen molar-refractivity contribution in [2.75, 3.05) is 19.6 Å². The minimum Gasteiger partial charge on any atom is -0.385 e. The van der Waals surface area contributed by atoms with Crippen molar-refractivity contribution in [1.29, 1.82) is 0 Å². The first kappa shape index (κ1) is 20.4. The predicted octanol–water partition coefficient (Wildman–Crippen LogP) is 3.49. The molecule has 1 fully saturated rings. The van der Waals surface area contributed by atoms with Crippen molar-refractivity contribution in [2.24, 2.45) is 0 Å². The van der Waals surface area contributed by atoms with Crippen molar-refractivity contribution in [2.45, 2.75) is 37.1 Å². The van der Waals surface area contributed by atoms with E-state index in [2.05, 4.69) is 20.8 Å². The highest BCUT2D eigenvalue weighted by Crippen LogP contribution is 2.33. The Bertz CT molecular complexity index is 741. The fourth-order valence-electron chi connectivity index (χ4n) is 3.61. The van der Waals surface area contributed by atoms with E-state index in [0.717, 1.165) is 29.7 Å². The van der Waals surface area contributed by atoms with Crippen molar-refractivity contribution >= 4 is 15.9 Å². The van der Waals surface area contributed by atoms with Crippen LogP contribution in [0.25, 0.3) is 0 Å². The Kier molecular flexibility index (Phi) is 6.33. The van der Waals surface area contributed by atoms with Gasteiger partial charge in [0.25, 0.3) is 0 Å². The molecule has 0 bridgehead atoms. The number of aliphatic hydroxyl groups is 3. The van der Waals surface area contributed by atoms with Crippen molar-refractivity contribution in [1.82, 2.24) is 4.90 Å². The van der Waals surface area contributed by atoms with Crippen LogP contribution in [0.3, 0.4) is 0 Å². The number of likely N-dealkylation sites (tertiary alicyclic amines) is 1. The molecule has 0 unspecified atom stereocenters. The molecule has 0 aliphatic carbocycles. The quantitative estimate of drug-likeness (QED) is 0.605. The number of benzene rings is 2. The van der Waals surface area contributed by atoms with Crippen molar-refractivity contribution in [3.05, 3.63) is 69.9 Å². The summed E-state index contributed by atoms with van der Waals surface area (Å²) in [6, 6.07) is 13.0. The lowest BCUT2D eigenvalue weighted by Gasteiger charge is -2.38. The van der Waals surface area contributed by atoms with Crippen LogP contribution < -0.4 is 0 Å². The highest BCUT2D eigenvalue weighted by atomic mass is 79.9. The van der Waals surface area contributed by atoms with E-state index in [-0.39, 0.29) is 6.42 Å². The van der Waals surface area contributed by atoms with Crippen LogP contribution in [0.1, 0.15) is 36.8 Å². The summed E-state index contributed by atoms with van der Waals surface area (Å²) in [5.74, 6) is -2.36. The largest absolute Gasteiger partial charge is 0.385 e. The molecule has 6 heteroatoms. The molecule has 1 saturated heterocycles. The summed E-state index contributed by atoms with van der Waals surface area (Å²) in [7, 11) is 0. The molecule has 3 rings (SSSR count). The molecular formula is C21H25BrFNO3. The Labute approximate surface area is 167 Å². The Morgan fingerprint density at radius 1 is 1.00 bits per heavy atom. The SMILES string of the molecule is OC(O)(CCCN1CCC(O)(c2ccc(Br)cc2)CC1)c1ccc(F)cc1. The third-order valence-corrected chi connectivity index (χ3v) is 5.90. The zero-order valence-electron chi connectivity index (χ0n) is 15.1. The molecule has 27 heavy (non-hydrogen) atoms. The van der Waals surface area contributed by atoms with Crippen LogP contribution in [-0.4, -0.2) is 39.9 Å². The van der Waals surface area contributed by atoms with Gasteiger partial charge >= 0.3 is 0 Å². The van der Waals surface area contributed by atoms with Crippen LogP contribution in [0.2, 0.25) is 0 Å². The maximum Gasteiger partial charge on any atom is 0.189 e. The Balaban J connectivity index is 1.48. The number of rotatable bonds is 6. The predicted molar refractivity (Wildman–Crippen MR) is 105 cm³/mol. The molecule has 2 aromatic carbocycles. The van der Waals surface area contributed by atoms with E-state index < -0.39 is 17.2 Å². The minimum absolute atomic E-state index is 0.173. The van der Waals surface area contributed by atoms with Crippen LogP contribution in [0, 0.1) is 5.82 Å². The van der Waals surface area contributed by atoms with Crippen molar-refractivity contribution in [3.63, 3.8) is 0 Å². The molecule has 0 saturated carbocycles. The normalized spacial score (nSPS) is 17.8. The third kappa shape index (κ3) is 5.15. The Hall–Kier alpha value is -1.31. The van der Waals surface area contributed by atoms with Crippen molar-refractivity contribution < 1.29 is 19.7 Å². The number of hydrogen-bond acceptors (Lipinski definition) is 4. The van der Waals surface area contributed by atoms with Crippen LogP contribution in [-0.2, 0) is 11.4 Å². The Morgan fingerprint density at radius 3 is 2.19 bits per heavy atom. The van der Waals surface area contributed by atoms with E-state index >= 15 is 0 Å². The number of piperidine rings is 1. The summed E-state index contributed by atoms with van der Waals surface area (Å²) >= 11 is 3.41. The van der Waals surface area contributed by atoms with Gasteiger partial charge in [-0.25, -0.2) is 4.39 Å². The standard InChI is InChI=1S/C21H25BrFNO3/c22-18-6-2-16(3-7-18)20(25)11-14-24(15-12-20)13-1-10-21(26,27)17-4-8-19(23)9-5-17/h2-9,25-27H,1,10-15H2. The number of hydrogen-bond donors (Lipinski definition) is 3. The molecule has 1 aliphatic heterocycles. The lowest BCUT2D eigenvalue weighted by molar-refractivity contribution is -0.176. The first-order valence-electron chi connectivity index (χ1n) is 9.20. The first-order valence-corrected chi connectivity index (χ1v) is 9.99. The third-order valence-electron chi connectivity index (χ3n) is 5.37. The van der Waals surface area contributed by atoms with E-state index in [9.17, 15) is 19.7 Å². The first-order chi connectivity index (χ1) is 12.8. The van der Waals surface area contributed by atoms with Crippen LogP contribution in [0.15, 0.2) is 53.0 Å². The molecule has 0 spiro atoms. The summed E-state index contributed by atoms with van der Waals surface area (Å²) in [5.41, 5.74) is 0.432. The molecule has 0 amide bonds. The van der Waals surface area contributed by atoms with Gasteiger partial charge in [0.15, 0.2) is 5.79 Å². The maximum absolute atomic E-state index is 13.0. The van der Waals surface area contributed by atoms with Crippen molar-refractivity contribution in [3.8, 4) is 0 Å².